The van der Waals surface area contributed by atoms with Crippen LogP contribution in [0.5, 0.6) is 0 Å². The smallest absolute Gasteiger partial charge is 0.145 e. The van der Waals surface area contributed by atoms with Crippen LogP contribution in [-0.4, -0.2) is 9.97 Å². The van der Waals surface area contributed by atoms with Crippen molar-refractivity contribution in [3.05, 3.63) is 102 Å². The van der Waals surface area contributed by atoms with Crippen LogP contribution in [0.15, 0.2) is 67.0 Å². The van der Waals surface area contributed by atoms with Gasteiger partial charge in [0.25, 0.3) is 0 Å². The van der Waals surface area contributed by atoms with E-state index in [9.17, 15) is 0 Å². The maximum absolute atomic E-state index is 4.70. The summed E-state index contributed by atoms with van der Waals surface area (Å²) < 4.78 is 0. The number of benzene rings is 3. The van der Waals surface area contributed by atoms with Gasteiger partial charge in [0, 0.05) is 38.2 Å². The molecule has 0 bridgehead atoms. The van der Waals surface area contributed by atoms with Crippen LogP contribution in [0.2, 0.25) is 0 Å². The molecular formula is C31H32IrN4-2. The van der Waals surface area contributed by atoms with Crippen LogP contribution >= 0.6 is 0 Å². The summed E-state index contributed by atoms with van der Waals surface area (Å²) in [5, 5.41) is 0. The zero-order valence-electron chi connectivity index (χ0n) is 21.7. The predicted molar refractivity (Wildman–Crippen MR) is 145 cm³/mol. The number of anilines is 4. The van der Waals surface area contributed by atoms with Crippen molar-refractivity contribution in [2.75, 3.05) is 9.80 Å². The van der Waals surface area contributed by atoms with Gasteiger partial charge in [-0.05, 0) is 65.6 Å². The second-order valence-electron chi connectivity index (χ2n) is 9.99. The molecule has 1 aliphatic rings. The number of fused-ring (bicyclic) bond motifs is 1. The Labute approximate surface area is 228 Å². The van der Waals surface area contributed by atoms with Crippen LogP contribution in [0, 0.1) is 26.6 Å². The van der Waals surface area contributed by atoms with Crippen LogP contribution in [-0.2, 0) is 20.1 Å². The van der Waals surface area contributed by atoms with Gasteiger partial charge in [-0.1, -0.05) is 52.0 Å². The van der Waals surface area contributed by atoms with E-state index in [0.717, 1.165) is 23.0 Å². The predicted octanol–water partition coefficient (Wildman–Crippen LogP) is 8.21. The molecule has 1 radical (unpaired) electrons. The monoisotopic (exact) mass is 653 g/mol. The first-order valence-electron chi connectivity index (χ1n) is 12.3. The summed E-state index contributed by atoms with van der Waals surface area (Å²) in [6, 6.07) is 23.1. The van der Waals surface area contributed by atoms with Crippen LogP contribution < -0.4 is 9.80 Å². The standard InChI is InChI=1S/C31H32N4.Ir/c1-20(2)27-11-8-12-28(21(3)4)29(27)24-9-7-10-25(18-24)34-19-35(31-30(34)32-13-14-33-31)26-16-22(5)15-23(6)17-26;/h7-9,11-21H,1-6H3;/q-2;. The van der Waals surface area contributed by atoms with Crippen LogP contribution in [0.4, 0.5) is 23.0 Å². The quantitative estimate of drug-likeness (QED) is 0.204. The Hall–Kier alpha value is -3.01. The van der Waals surface area contributed by atoms with Gasteiger partial charge in [0.05, 0.1) is 0 Å². The molecule has 0 saturated heterocycles. The largest absolute Gasteiger partial charge is 0.477 e. The van der Waals surface area contributed by atoms with Crippen molar-refractivity contribution in [3.63, 3.8) is 0 Å². The van der Waals surface area contributed by atoms with Crippen LogP contribution in [0.3, 0.4) is 0 Å². The molecule has 0 fully saturated rings. The molecule has 1 aliphatic heterocycles. The molecule has 0 atom stereocenters. The third kappa shape index (κ3) is 4.83. The molecule has 0 saturated carbocycles. The summed E-state index contributed by atoms with van der Waals surface area (Å²) in [4.78, 5) is 13.6. The van der Waals surface area contributed by atoms with E-state index in [1.54, 1.807) is 12.4 Å². The van der Waals surface area contributed by atoms with Gasteiger partial charge < -0.3 is 9.80 Å². The SMILES string of the molecule is Cc1cc(C)cc(N2[CH-]N(c3[c-]ccc(-c4c(C(C)C)cccc4C(C)C)c3)c3nccnc32)c1.[Ir]. The van der Waals surface area contributed by atoms with E-state index in [1.807, 2.05) is 6.07 Å². The minimum absolute atomic E-state index is 0. The van der Waals surface area contributed by atoms with Crippen molar-refractivity contribution in [1.29, 1.82) is 0 Å². The number of aryl methyl sites for hydroxylation is 2. The second kappa shape index (κ2) is 10.5. The fourth-order valence-electron chi connectivity index (χ4n) is 4.98. The van der Waals surface area contributed by atoms with Crippen molar-refractivity contribution in [1.82, 2.24) is 9.97 Å². The van der Waals surface area contributed by atoms with E-state index in [0.29, 0.717) is 11.8 Å². The maximum atomic E-state index is 4.70. The number of hydrogen-bond acceptors (Lipinski definition) is 4. The summed E-state index contributed by atoms with van der Waals surface area (Å²) in [6.07, 6.45) is 3.50. The number of hydrogen-bond donors (Lipinski definition) is 0. The molecule has 5 heteroatoms. The molecular weight excluding hydrogens is 621 g/mol. The normalized spacial score (nSPS) is 12.8. The number of nitrogens with zero attached hydrogens (tertiary/aromatic N) is 4. The van der Waals surface area contributed by atoms with Gasteiger partial charge in [-0.25, -0.2) is 9.97 Å². The van der Waals surface area contributed by atoms with Crippen molar-refractivity contribution < 1.29 is 20.1 Å². The Balaban J connectivity index is 0.00000304. The Morgan fingerprint density at radius 2 is 1.36 bits per heavy atom. The van der Waals surface area contributed by atoms with E-state index in [2.05, 4.69) is 118 Å². The number of aromatic nitrogens is 2. The van der Waals surface area contributed by atoms with Crippen molar-refractivity contribution in [2.24, 2.45) is 0 Å². The van der Waals surface area contributed by atoms with E-state index in [1.165, 1.54) is 33.4 Å². The molecule has 1 aromatic heterocycles. The molecule has 0 aliphatic carbocycles. The minimum atomic E-state index is 0. The zero-order valence-corrected chi connectivity index (χ0v) is 24.1. The first-order valence-corrected chi connectivity index (χ1v) is 12.3. The molecule has 0 spiro atoms. The summed E-state index contributed by atoms with van der Waals surface area (Å²) in [5.74, 6) is 2.49. The molecule has 3 aromatic carbocycles. The summed E-state index contributed by atoms with van der Waals surface area (Å²) in [7, 11) is 0. The fraction of sp³-hybridized carbons (Fsp3) is 0.258. The third-order valence-electron chi connectivity index (χ3n) is 6.54. The Morgan fingerprint density at radius 3 is 1.94 bits per heavy atom. The molecule has 2 heterocycles. The molecule has 5 rings (SSSR count). The summed E-state index contributed by atoms with van der Waals surface area (Å²) in [5.41, 5.74) is 9.74. The topological polar surface area (TPSA) is 32.3 Å². The van der Waals surface area contributed by atoms with E-state index in [4.69, 9.17) is 4.98 Å². The van der Waals surface area contributed by atoms with E-state index < -0.39 is 0 Å². The Bertz CT molecular complexity index is 1330. The second-order valence-corrected chi connectivity index (χ2v) is 9.99. The molecule has 187 valence electrons. The third-order valence-corrected chi connectivity index (χ3v) is 6.54. The average Bonchev–Trinajstić information content (AvgIpc) is 3.23. The van der Waals surface area contributed by atoms with Gasteiger partial charge >= 0.3 is 0 Å². The maximum Gasteiger partial charge on any atom is 0.145 e. The first-order chi connectivity index (χ1) is 16.8. The first kappa shape index (κ1) is 26.1. The van der Waals surface area contributed by atoms with Crippen LogP contribution in [0.25, 0.3) is 11.1 Å². The number of rotatable bonds is 5. The molecule has 4 aromatic rings. The van der Waals surface area contributed by atoms with Crippen molar-refractivity contribution in [3.8, 4) is 11.1 Å². The van der Waals surface area contributed by atoms with E-state index >= 15 is 0 Å². The Kier molecular flexibility index (Phi) is 7.63. The average molecular weight is 653 g/mol. The molecule has 0 unspecified atom stereocenters. The van der Waals surface area contributed by atoms with Gasteiger partial charge in [0.15, 0.2) is 0 Å². The van der Waals surface area contributed by atoms with E-state index in [-0.39, 0.29) is 20.1 Å². The zero-order chi connectivity index (χ0) is 24.7. The Morgan fingerprint density at radius 1 is 0.778 bits per heavy atom. The van der Waals surface area contributed by atoms with Crippen molar-refractivity contribution >= 4 is 23.0 Å². The van der Waals surface area contributed by atoms with Gasteiger partial charge in [0.2, 0.25) is 0 Å². The van der Waals surface area contributed by atoms with Gasteiger partial charge in [-0.2, -0.15) is 18.2 Å². The molecule has 4 nitrogen and oxygen atoms in total. The van der Waals surface area contributed by atoms with Crippen LogP contribution in [0.1, 0.15) is 61.8 Å². The van der Waals surface area contributed by atoms with Gasteiger partial charge in [-0.15, -0.1) is 24.0 Å². The van der Waals surface area contributed by atoms with Gasteiger partial charge in [-0.3, -0.25) is 0 Å². The van der Waals surface area contributed by atoms with Gasteiger partial charge in [0.1, 0.15) is 11.6 Å². The minimum Gasteiger partial charge on any atom is -0.477 e. The molecule has 36 heavy (non-hydrogen) atoms. The summed E-state index contributed by atoms with van der Waals surface area (Å²) in [6.45, 7) is 15.4. The molecule has 0 amide bonds. The molecule has 0 N–H and O–H groups in total. The fourth-order valence-corrected chi connectivity index (χ4v) is 4.98. The van der Waals surface area contributed by atoms with Crippen molar-refractivity contribution in [2.45, 2.75) is 53.4 Å². The summed E-state index contributed by atoms with van der Waals surface area (Å²) >= 11 is 0.